The summed E-state index contributed by atoms with van der Waals surface area (Å²) in [7, 11) is -1.14. The summed E-state index contributed by atoms with van der Waals surface area (Å²) >= 11 is 0. The average Bonchev–Trinajstić information content (AvgIpc) is 2.87. The molecule has 0 aliphatic heterocycles. The van der Waals surface area contributed by atoms with Crippen LogP contribution in [0.3, 0.4) is 0 Å². The van der Waals surface area contributed by atoms with Gasteiger partial charge in [0.1, 0.15) is 5.75 Å². The highest BCUT2D eigenvalue weighted by Crippen LogP contribution is 2.23. The maximum Gasteiger partial charge on any atom is 0.307 e. The Morgan fingerprint density at radius 2 is 1.63 bits per heavy atom. The summed E-state index contributed by atoms with van der Waals surface area (Å²) in [6, 6.07) is 20.2. The molecule has 0 heterocycles. The van der Waals surface area contributed by atoms with Gasteiger partial charge < -0.3 is 14.4 Å². The molecule has 0 fully saturated rings. The van der Waals surface area contributed by atoms with Gasteiger partial charge in [-0.25, -0.2) is 8.42 Å². The van der Waals surface area contributed by atoms with Crippen LogP contribution in [0.25, 0.3) is 0 Å². The number of benzene rings is 3. The number of amides is 1. The molecular formula is C26H28N2O6S. The maximum absolute atomic E-state index is 13.5. The third kappa shape index (κ3) is 6.83. The third-order valence-corrected chi connectivity index (χ3v) is 6.79. The Kier molecular flexibility index (Phi) is 8.48. The van der Waals surface area contributed by atoms with Crippen LogP contribution in [-0.4, -0.2) is 46.0 Å². The van der Waals surface area contributed by atoms with E-state index in [0.29, 0.717) is 17.0 Å². The SMILES string of the molecule is COC(=O)CCN(Cc1ccccc1)C(=O)c1cc(S(=O)(=O)Nc2ccc(OC)cc2)ccc1C. The molecule has 0 unspecified atom stereocenters. The number of sulfonamides is 1. The average molecular weight is 497 g/mol. The van der Waals surface area contributed by atoms with Gasteiger partial charge in [0, 0.05) is 24.3 Å². The van der Waals surface area contributed by atoms with E-state index in [4.69, 9.17) is 9.47 Å². The topological polar surface area (TPSA) is 102 Å². The second-order valence-electron chi connectivity index (χ2n) is 7.85. The molecule has 184 valence electrons. The zero-order chi connectivity index (χ0) is 25.4. The fourth-order valence-corrected chi connectivity index (χ4v) is 4.51. The van der Waals surface area contributed by atoms with Gasteiger partial charge in [0.25, 0.3) is 15.9 Å². The number of esters is 1. The molecule has 0 saturated carbocycles. The van der Waals surface area contributed by atoms with E-state index >= 15 is 0 Å². The fourth-order valence-electron chi connectivity index (χ4n) is 3.43. The van der Waals surface area contributed by atoms with Gasteiger partial charge in [0.15, 0.2) is 0 Å². The summed E-state index contributed by atoms with van der Waals surface area (Å²) in [6.07, 6.45) is 0.0190. The number of hydrogen-bond donors (Lipinski definition) is 1. The van der Waals surface area contributed by atoms with Crippen LogP contribution in [0.15, 0.2) is 77.7 Å². The lowest BCUT2D eigenvalue weighted by Crippen LogP contribution is -2.33. The molecule has 9 heteroatoms. The van der Waals surface area contributed by atoms with Crippen LogP contribution in [0.2, 0.25) is 0 Å². The number of nitrogens with zero attached hydrogens (tertiary/aromatic N) is 1. The highest BCUT2D eigenvalue weighted by atomic mass is 32.2. The normalized spacial score (nSPS) is 10.9. The van der Waals surface area contributed by atoms with Gasteiger partial charge in [-0.2, -0.15) is 0 Å². The third-order valence-electron chi connectivity index (χ3n) is 5.41. The highest BCUT2D eigenvalue weighted by molar-refractivity contribution is 7.92. The van der Waals surface area contributed by atoms with E-state index in [2.05, 4.69) is 4.72 Å². The predicted octanol–water partition coefficient (Wildman–Crippen LogP) is 4.01. The number of carbonyl (C=O) groups excluding carboxylic acids is 2. The number of aryl methyl sites for hydroxylation is 1. The minimum atomic E-state index is -3.96. The van der Waals surface area contributed by atoms with Crippen molar-refractivity contribution in [1.82, 2.24) is 4.90 Å². The molecule has 0 aromatic heterocycles. The van der Waals surface area contributed by atoms with Crippen molar-refractivity contribution in [3.63, 3.8) is 0 Å². The van der Waals surface area contributed by atoms with Crippen LogP contribution >= 0.6 is 0 Å². The van der Waals surface area contributed by atoms with Crippen molar-refractivity contribution >= 4 is 27.6 Å². The van der Waals surface area contributed by atoms with E-state index in [1.165, 1.54) is 31.3 Å². The monoisotopic (exact) mass is 496 g/mol. The lowest BCUT2D eigenvalue weighted by Gasteiger charge is -2.24. The second kappa shape index (κ2) is 11.5. The molecule has 0 aliphatic carbocycles. The first-order chi connectivity index (χ1) is 16.7. The Morgan fingerprint density at radius 1 is 0.943 bits per heavy atom. The molecule has 3 aromatic rings. The molecule has 0 atom stereocenters. The Morgan fingerprint density at radius 3 is 2.26 bits per heavy atom. The van der Waals surface area contributed by atoms with E-state index in [1.54, 1.807) is 37.3 Å². The minimum absolute atomic E-state index is 0.0190. The van der Waals surface area contributed by atoms with Gasteiger partial charge in [0.05, 0.1) is 25.5 Å². The Bertz CT molecular complexity index is 1270. The number of hydrogen-bond acceptors (Lipinski definition) is 6. The van der Waals surface area contributed by atoms with Crippen molar-refractivity contribution in [2.45, 2.75) is 24.8 Å². The molecule has 0 aliphatic rings. The molecular weight excluding hydrogens is 468 g/mol. The molecule has 1 amide bonds. The zero-order valence-corrected chi connectivity index (χ0v) is 20.7. The lowest BCUT2D eigenvalue weighted by molar-refractivity contribution is -0.140. The van der Waals surface area contributed by atoms with E-state index in [-0.39, 0.29) is 35.9 Å². The predicted molar refractivity (Wildman–Crippen MR) is 133 cm³/mol. The second-order valence-corrected chi connectivity index (χ2v) is 9.53. The standard InChI is InChI=1S/C26H28N2O6S/c1-19-9-14-23(35(31,32)27-21-10-12-22(33-2)13-11-21)17-24(19)26(30)28(16-15-25(29)34-3)18-20-7-5-4-6-8-20/h4-14,17,27H,15-16,18H2,1-3H3. The Balaban J connectivity index is 1.89. The largest absolute Gasteiger partial charge is 0.497 e. The van der Waals surface area contributed by atoms with Gasteiger partial charge in [-0.3, -0.25) is 14.3 Å². The van der Waals surface area contributed by atoms with Crippen LogP contribution in [0.4, 0.5) is 5.69 Å². The molecule has 0 radical (unpaired) electrons. The molecule has 3 aromatic carbocycles. The fraction of sp³-hybridized carbons (Fsp3) is 0.231. The van der Waals surface area contributed by atoms with E-state index in [9.17, 15) is 18.0 Å². The van der Waals surface area contributed by atoms with Gasteiger partial charge in [0.2, 0.25) is 0 Å². The quantitative estimate of drug-likeness (QED) is 0.426. The van der Waals surface area contributed by atoms with Crippen molar-refractivity contribution in [1.29, 1.82) is 0 Å². The first kappa shape index (κ1) is 25.8. The van der Waals surface area contributed by atoms with E-state index in [1.807, 2.05) is 30.3 Å². The van der Waals surface area contributed by atoms with Gasteiger partial charge in [-0.15, -0.1) is 0 Å². The molecule has 0 bridgehead atoms. The Labute approximate surface area is 205 Å². The molecule has 0 spiro atoms. The summed E-state index contributed by atoms with van der Waals surface area (Å²) in [5, 5.41) is 0. The maximum atomic E-state index is 13.5. The number of methoxy groups -OCH3 is 2. The van der Waals surface area contributed by atoms with Crippen LogP contribution < -0.4 is 9.46 Å². The van der Waals surface area contributed by atoms with Crippen molar-refractivity contribution in [2.24, 2.45) is 0 Å². The van der Waals surface area contributed by atoms with Crippen LogP contribution in [0.5, 0.6) is 5.75 Å². The molecule has 0 saturated heterocycles. The number of nitrogens with one attached hydrogen (secondary N) is 1. The van der Waals surface area contributed by atoms with E-state index in [0.717, 1.165) is 5.56 Å². The molecule has 1 N–H and O–H groups in total. The van der Waals surface area contributed by atoms with Crippen molar-refractivity contribution in [3.8, 4) is 5.75 Å². The first-order valence-electron chi connectivity index (χ1n) is 10.9. The molecule has 3 rings (SSSR count). The lowest BCUT2D eigenvalue weighted by atomic mass is 10.1. The van der Waals surface area contributed by atoms with Crippen molar-refractivity contribution < 1.29 is 27.5 Å². The van der Waals surface area contributed by atoms with Crippen molar-refractivity contribution in [2.75, 3.05) is 25.5 Å². The van der Waals surface area contributed by atoms with E-state index < -0.39 is 16.0 Å². The minimum Gasteiger partial charge on any atom is -0.497 e. The smallest absolute Gasteiger partial charge is 0.307 e. The summed E-state index contributed by atoms with van der Waals surface area (Å²) in [4.78, 5) is 26.7. The van der Waals surface area contributed by atoms with Crippen LogP contribution in [0.1, 0.15) is 27.9 Å². The number of anilines is 1. The van der Waals surface area contributed by atoms with Gasteiger partial charge >= 0.3 is 5.97 Å². The summed E-state index contributed by atoms with van der Waals surface area (Å²) in [6.45, 7) is 2.12. The summed E-state index contributed by atoms with van der Waals surface area (Å²) in [5.41, 5.74) is 2.11. The number of ether oxygens (including phenoxy) is 2. The molecule has 8 nitrogen and oxygen atoms in total. The van der Waals surface area contributed by atoms with Gasteiger partial charge in [-0.05, 0) is 54.4 Å². The zero-order valence-electron chi connectivity index (χ0n) is 19.9. The first-order valence-corrected chi connectivity index (χ1v) is 12.4. The number of carbonyl (C=O) groups is 2. The summed E-state index contributed by atoms with van der Waals surface area (Å²) < 4.78 is 38.4. The summed E-state index contributed by atoms with van der Waals surface area (Å²) in [5.74, 6) is -0.217. The van der Waals surface area contributed by atoms with Crippen LogP contribution in [0, 0.1) is 6.92 Å². The van der Waals surface area contributed by atoms with Crippen LogP contribution in [-0.2, 0) is 26.1 Å². The number of rotatable bonds is 10. The highest BCUT2D eigenvalue weighted by Gasteiger charge is 2.23. The molecule has 35 heavy (non-hydrogen) atoms. The van der Waals surface area contributed by atoms with Gasteiger partial charge in [-0.1, -0.05) is 36.4 Å². The van der Waals surface area contributed by atoms with Crippen molar-refractivity contribution in [3.05, 3.63) is 89.5 Å². The Hall–Kier alpha value is -3.85.